The Morgan fingerprint density at radius 1 is 0.839 bits per heavy atom. The van der Waals surface area contributed by atoms with Crippen LogP contribution in [0.5, 0.6) is 5.75 Å². The van der Waals surface area contributed by atoms with E-state index in [0.717, 1.165) is 33.2 Å². The molecular weight excluding hydrogens is 384 g/mol. The molecule has 0 aromatic heterocycles. The van der Waals surface area contributed by atoms with Crippen molar-refractivity contribution in [1.82, 2.24) is 0 Å². The van der Waals surface area contributed by atoms with Crippen molar-refractivity contribution in [1.29, 1.82) is 0 Å². The number of fused-ring (bicyclic) bond motifs is 3. The van der Waals surface area contributed by atoms with Gasteiger partial charge in [-0.1, -0.05) is 97.1 Å². The molecule has 31 heavy (non-hydrogen) atoms. The second-order valence-electron chi connectivity index (χ2n) is 7.89. The summed E-state index contributed by atoms with van der Waals surface area (Å²) in [5, 5.41) is 11.5. The molecule has 4 aromatic rings. The highest BCUT2D eigenvalue weighted by atomic mass is 16.5. The van der Waals surface area contributed by atoms with Crippen LogP contribution >= 0.6 is 0 Å². The molecule has 3 nitrogen and oxygen atoms in total. The van der Waals surface area contributed by atoms with E-state index in [2.05, 4.69) is 48.5 Å². The van der Waals surface area contributed by atoms with Crippen LogP contribution in [-0.2, 0) is 16.6 Å². The average Bonchev–Trinajstić information content (AvgIpc) is 2.83. The highest BCUT2D eigenvalue weighted by Gasteiger charge is 2.46. The van der Waals surface area contributed by atoms with Gasteiger partial charge in [-0.3, -0.25) is 0 Å². The largest absolute Gasteiger partial charge is 0.484 e. The van der Waals surface area contributed by atoms with Crippen molar-refractivity contribution in [2.24, 2.45) is 0 Å². The Hall–Kier alpha value is -3.85. The molecule has 0 aliphatic carbocycles. The molecule has 1 aliphatic heterocycles. The smallest absolute Gasteiger partial charge is 0.328 e. The van der Waals surface area contributed by atoms with Gasteiger partial charge < -0.3 is 9.84 Å². The lowest BCUT2D eigenvalue weighted by molar-refractivity contribution is -0.131. The van der Waals surface area contributed by atoms with Crippen LogP contribution in [-0.4, -0.2) is 17.2 Å². The lowest BCUT2D eigenvalue weighted by atomic mass is 9.65. The highest BCUT2D eigenvalue weighted by Crippen LogP contribution is 2.48. The third-order valence-electron chi connectivity index (χ3n) is 6.15. The molecule has 152 valence electrons. The van der Waals surface area contributed by atoms with E-state index in [-0.39, 0.29) is 0 Å². The highest BCUT2D eigenvalue weighted by molar-refractivity contribution is 5.90. The molecule has 5 rings (SSSR count). The third-order valence-corrected chi connectivity index (χ3v) is 6.15. The number of ether oxygens (including phenoxy) is 1. The van der Waals surface area contributed by atoms with Gasteiger partial charge >= 0.3 is 5.97 Å². The van der Waals surface area contributed by atoms with Crippen molar-refractivity contribution >= 4 is 16.7 Å². The van der Waals surface area contributed by atoms with E-state index in [0.29, 0.717) is 6.42 Å². The molecule has 0 radical (unpaired) electrons. The number of hydrogen-bond donors (Lipinski definition) is 1. The number of hydrogen-bond acceptors (Lipinski definition) is 2. The summed E-state index contributed by atoms with van der Waals surface area (Å²) in [7, 11) is 0. The zero-order valence-corrected chi connectivity index (χ0v) is 16.9. The van der Waals surface area contributed by atoms with E-state index in [1.54, 1.807) is 6.08 Å². The van der Waals surface area contributed by atoms with Crippen molar-refractivity contribution in [3.8, 4) is 5.75 Å². The summed E-state index contributed by atoms with van der Waals surface area (Å²) in [6, 6.07) is 32.9. The average molecular weight is 406 g/mol. The fourth-order valence-electron chi connectivity index (χ4n) is 4.74. The van der Waals surface area contributed by atoms with Crippen LogP contribution in [0, 0.1) is 0 Å². The van der Waals surface area contributed by atoms with Gasteiger partial charge in [0.25, 0.3) is 0 Å². The molecule has 1 N–H and O–H groups in total. The normalized spacial score (nSPS) is 17.2. The first-order chi connectivity index (χ1) is 15.2. The van der Waals surface area contributed by atoms with Gasteiger partial charge in [-0.15, -0.1) is 0 Å². The minimum Gasteiger partial charge on any atom is -0.484 e. The lowest BCUT2D eigenvalue weighted by Gasteiger charge is -2.45. The van der Waals surface area contributed by atoms with Crippen molar-refractivity contribution in [2.75, 3.05) is 0 Å². The first kappa shape index (κ1) is 19.1. The second kappa shape index (κ2) is 7.77. The molecule has 1 aliphatic rings. The van der Waals surface area contributed by atoms with Crippen LogP contribution in [0.3, 0.4) is 0 Å². The van der Waals surface area contributed by atoms with Gasteiger partial charge in [0.1, 0.15) is 11.9 Å². The molecule has 3 heteroatoms. The summed E-state index contributed by atoms with van der Waals surface area (Å²) >= 11 is 0. The van der Waals surface area contributed by atoms with Crippen molar-refractivity contribution in [2.45, 2.75) is 17.9 Å². The maximum absolute atomic E-state index is 11.4. The van der Waals surface area contributed by atoms with E-state index >= 15 is 0 Å². The number of carboxylic acids is 1. The van der Waals surface area contributed by atoms with Gasteiger partial charge in [0.05, 0.1) is 5.41 Å². The number of carbonyl (C=O) groups is 1. The van der Waals surface area contributed by atoms with E-state index in [1.807, 2.05) is 48.5 Å². The van der Waals surface area contributed by atoms with Gasteiger partial charge in [0.15, 0.2) is 0 Å². The summed E-state index contributed by atoms with van der Waals surface area (Å²) < 4.78 is 6.67. The van der Waals surface area contributed by atoms with Gasteiger partial charge in [0, 0.05) is 11.5 Å². The van der Waals surface area contributed by atoms with Crippen molar-refractivity contribution in [3.63, 3.8) is 0 Å². The minimum absolute atomic E-state index is 0.480. The summed E-state index contributed by atoms with van der Waals surface area (Å²) in [6.45, 7) is 0. The Morgan fingerprint density at radius 2 is 1.45 bits per heavy atom. The molecular formula is C28H22O3. The van der Waals surface area contributed by atoms with E-state index < -0.39 is 17.5 Å². The monoisotopic (exact) mass is 406 g/mol. The lowest BCUT2D eigenvalue weighted by Crippen LogP contribution is -2.48. The molecule has 0 saturated heterocycles. The zero-order valence-electron chi connectivity index (χ0n) is 16.9. The summed E-state index contributed by atoms with van der Waals surface area (Å²) in [5.74, 6) is -0.150. The van der Waals surface area contributed by atoms with Gasteiger partial charge in [-0.2, -0.15) is 0 Å². The molecule has 4 aromatic carbocycles. The predicted molar refractivity (Wildman–Crippen MR) is 123 cm³/mol. The van der Waals surface area contributed by atoms with Crippen LogP contribution in [0.15, 0.2) is 109 Å². The molecule has 0 saturated carbocycles. The molecule has 1 heterocycles. The third kappa shape index (κ3) is 3.28. The molecule has 1 unspecified atom stereocenters. The van der Waals surface area contributed by atoms with Crippen LogP contribution in [0.25, 0.3) is 10.8 Å². The summed E-state index contributed by atoms with van der Waals surface area (Å²) in [4.78, 5) is 11.4. The van der Waals surface area contributed by atoms with Crippen LogP contribution in [0.4, 0.5) is 0 Å². The Bertz CT molecular complexity index is 1220. The van der Waals surface area contributed by atoms with Crippen molar-refractivity contribution < 1.29 is 14.6 Å². The number of benzene rings is 4. The Labute approximate surface area is 181 Å². The maximum atomic E-state index is 11.4. The summed E-state index contributed by atoms with van der Waals surface area (Å²) in [5.41, 5.74) is 2.76. The fraction of sp³-hybridized carbons (Fsp3) is 0.107. The first-order valence-electron chi connectivity index (χ1n) is 10.4. The molecule has 0 fully saturated rings. The number of carboxylic acid groups (broad SMARTS) is 1. The first-order valence-corrected chi connectivity index (χ1v) is 10.4. The van der Waals surface area contributed by atoms with Crippen LogP contribution in [0.1, 0.15) is 16.7 Å². The van der Waals surface area contributed by atoms with Crippen LogP contribution < -0.4 is 4.74 Å². The number of aliphatic carboxylic acids is 1. The Morgan fingerprint density at radius 3 is 2.10 bits per heavy atom. The SMILES string of the molecule is O=C(O)C=CC1Oc2c(ccc3ccccc23)CC1(c1ccccc1)c1ccccc1. The Balaban J connectivity index is 1.79. The van der Waals surface area contributed by atoms with E-state index in [4.69, 9.17) is 4.74 Å². The number of rotatable bonds is 4. The van der Waals surface area contributed by atoms with Gasteiger partial charge in [-0.05, 0) is 34.6 Å². The second-order valence-corrected chi connectivity index (χ2v) is 7.89. The fourth-order valence-corrected chi connectivity index (χ4v) is 4.74. The minimum atomic E-state index is -0.984. The van der Waals surface area contributed by atoms with E-state index in [9.17, 15) is 9.90 Å². The molecule has 0 amide bonds. The van der Waals surface area contributed by atoms with Crippen molar-refractivity contribution in [3.05, 3.63) is 126 Å². The standard InChI is InChI=1S/C28H22O3/c29-26(30)18-17-25-28(22-10-3-1-4-11-22,23-12-5-2-6-13-23)19-21-16-15-20-9-7-8-14-24(20)27(21)31-25/h1-18,25H,19H2,(H,29,30). The molecule has 0 spiro atoms. The van der Waals surface area contributed by atoms with Gasteiger partial charge in [0.2, 0.25) is 0 Å². The van der Waals surface area contributed by atoms with E-state index in [1.165, 1.54) is 6.08 Å². The molecule has 1 atom stereocenters. The summed E-state index contributed by atoms with van der Waals surface area (Å²) in [6.07, 6.45) is 3.11. The topological polar surface area (TPSA) is 46.5 Å². The molecule has 0 bridgehead atoms. The quantitative estimate of drug-likeness (QED) is 0.438. The maximum Gasteiger partial charge on any atom is 0.328 e. The van der Waals surface area contributed by atoms with Gasteiger partial charge in [-0.25, -0.2) is 4.79 Å². The Kier molecular flexibility index (Phi) is 4.79. The van der Waals surface area contributed by atoms with Crippen LogP contribution in [0.2, 0.25) is 0 Å². The predicted octanol–water partition coefficient (Wildman–Crippen LogP) is 5.77. The zero-order chi connectivity index (χ0) is 21.3.